The lowest BCUT2D eigenvalue weighted by Gasteiger charge is -2.28. The number of nitrogens with zero attached hydrogens (tertiary/aromatic N) is 3. The van der Waals surface area contributed by atoms with Crippen molar-refractivity contribution >= 4 is 29.6 Å². The molecule has 0 unspecified atom stereocenters. The first kappa shape index (κ1) is 15.4. The summed E-state index contributed by atoms with van der Waals surface area (Å²) in [6.45, 7) is 1.59. The molecule has 8 heteroatoms. The third kappa shape index (κ3) is 2.46. The SMILES string of the molecule is Cc1ccc(C=C2C(=O)N(C)C(=O)N(C)C2=O)cc1[N+](=O)[O-]. The fourth-order valence-corrected chi connectivity index (χ4v) is 2.05. The van der Waals surface area contributed by atoms with Crippen LogP contribution >= 0.6 is 0 Å². The lowest BCUT2D eigenvalue weighted by Crippen LogP contribution is -2.52. The Kier molecular flexibility index (Phi) is 3.77. The van der Waals surface area contributed by atoms with Gasteiger partial charge in [-0.15, -0.1) is 0 Å². The molecule has 114 valence electrons. The molecule has 0 atom stereocenters. The number of hydrogen-bond acceptors (Lipinski definition) is 5. The minimum atomic E-state index is -0.740. The number of aryl methyl sites for hydroxylation is 1. The van der Waals surface area contributed by atoms with Gasteiger partial charge in [-0.1, -0.05) is 12.1 Å². The van der Waals surface area contributed by atoms with Crippen LogP contribution in [0.1, 0.15) is 11.1 Å². The zero-order chi connectivity index (χ0) is 16.6. The van der Waals surface area contributed by atoms with Crippen molar-refractivity contribution in [1.82, 2.24) is 9.80 Å². The summed E-state index contributed by atoms with van der Waals surface area (Å²) in [6.07, 6.45) is 1.25. The zero-order valence-electron chi connectivity index (χ0n) is 12.2. The van der Waals surface area contributed by atoms with Crippen LogP contribution in [0.15, 0.2) is 23.8 Å². The molecule has 1 aromatic carbocycles. The van der Waals surface area contributed by atoms with E-state index < -0.39 is 22.8 Å². The highest BCUT2D eigenvalue weighted by Crippen LogP contribution is 2.23. The highest BCUT2D eigenvalue weighted by Gasteiger charge is 2.37. The molecular weight excluding hydrogens is 290 g/mol. The third-order valence-electron chi connectivity index (χ3n) is 3.38. The van der Waals surface area contributed by atoms with Crippen molar-refractivity contribution in [3.8, 4) is 0 Å². The Labute approximate surface area is 125 Å². The Morgan fingerprint density at radius 1 is 1.09 bits per heavy atom. The van der Waals surface area contributed by atoms with Gasteiger partial charge in [0.25, 0.3) is 17.5 Å². The van der Waals surface area contributed by atoms with Gasteiger partial charge in [0.2, 0.25) is 0 Å². The molecule has 1 heterocycles. The summed E-state index contributed by atoms with van der Waals surface area (Å²) in [4.78, 5) is 47.7. The first-order valence-corrected chi connectivity index (χ1v) is 6.31. The van der Waals surface area contributed by atoms with Crippen molar-refractivity contribution in [2.45, 2.75) is 6.92 Å². The van der Waals surface area contributed by atoms with Crippen LogP contribution < -0.4 is 0 Å². The molecule has 8 nitrogen and oxygen atoms in total. The number of nitro benzene ring substituents is 1. The molecule has 1 aliphatic rings. The second kappa shape index (κ2) is 5.40. The van der Waals surface area contributed by atoms with Crippen LogP contribution in [0.25, 0.3) is 6.08 Å². The number of carbonyl (C=O) groups excluding carboxylic acids is 3. The first-order valence-electron chi connectivity index (χ1n) is 6.31. The van der Waals surface area contributed by atoms with E-state index in [2.05, 4.69) is 0 Å². The van der Waals surface area contributed by atoms with E-state index in [0.29, 0.717) is 11.1 Å². The lowest BCUT2D eigenvalue weighted by atomic mass is 10.0. The summed E-state index contributed by atoms with van der Waals surface area (Å²) >= 11 is 0. The number of barbiturate groups is 1. The number of nitro groups is 1. The minimum absolute atomic E-state index is 0.108. The van der Waals surface area contributed by atoms with Gasteiger partial charge in [0, 0.05) is 25.7 Å². The molecule has 0 radical (unpaired) electrons. The van der Waals surface area contributed by atoms with Crippen molar-refractivity contribution in [2.75, 3.05) is 14.1 Å². The molecule has 0 aliphatic carbocycles. The van der Waals surface area contributed by atoms with Crippen LogP contribution in [0.5, 0.6) is 0 Å². The molecule has 1 aromatic rings. The van der Waals surface area contributed by atoms with Crippen LogP contribution in [-0.2, 0) is 9.59 Å². The summed E-state index contributed by atoms with van der Waals surface area (Å²) < 4.78 is 0. The molecule has 1 aliphatic heterocycles. The Balaban J connectivity index is 2.50. The van der Waals surface area contributed by atoms with Crippen LogP contribution in [0.2, 0.25) is 0 Å². The fraction of sp³-hybridized carbons (Fsp3) is 0.214. The second-order valence-corrected chi connectivity index (χ2v) is 4.87. The van der Waals surface area contributed by atoms with Gasteiger partial charge in [-0.25, -0.2) is 4.79 Å². The molecule has 0 saturated carbocycles. The Morgan fingerprint density at radius 3 is 2.14 bits per heavy atom. The minimum Gasteiger partial charge on any atom is -0.268 e. The zero-order valence-corrected chi connectivity index (χ0v) is 12.2. The van der Waals surface area contributed by atoms with E-state index in [0.717, 1.165) is 9.80 Å². The van der Waals surface area contributed by atoms with Crippen molar-refractivity contribution < 1.29 is 19.3 Å². The standard InChI is InChI=1S/C14H13N3O5/c1-8-4-5-9(7-11(8)17(21)22)6-10-12(18)15(2)14(20)16(3)13(10)19/h4-7H,1-3H3. The van der Waals surface area contributed by atoms with E-state index in [1.165, 1.54) is 32.3 Å². The van der Waals surface area contributed by atoms with Gasteiger partial charge in [0.05, 0.1) is 4.92 Å². The van der Waals surface area contributed by atoms with Crippen LogP contribution in [0, 0.1) is 17.0 Å². The van der Waals surface area contributed by atoms with E-state index in [9.17, 15) is 24.5 Å². The monoisotopic (exact) mass is 303 g/mol. The third-order valence-corrected chi connectivity index (χ3v) is 3.38. The molecule has 2 rings (SSSR count). The second-order valence-electron chi connectivity index (χ2n) is 4.87. The van der Waals surface area contributed by atoms with Crippen molar-refractivity contribution in [3.05, 3.63) is 45.0 Å². The van der Waals surface area contributed by atoms with Crippen LogP contribution in [0.4, 0.5) is 10.5 Å². The van der Waals surface area contributed by atoms with Gasteiger partial charge >= 0.3 is 6.03 Å². The maximum Gasteiger partial charge on any atom is 0.333 e. The summed E-state index contributed by atoms with van der Waals surface area (Å²) in [7, 11) is 2.53. The van der Waals surface area contributed by atoms with Gasteiger partial charge in [0.15, 0.2) is 0 Å². The Bertz CT molecular complexity index is 712. The molecule has 4 amide bonds. The number of likely N-dealkylation sites (N-methyl/N-ethyl adjacent to an activating group) is 2. The maximum atomic E-state index is 12.0. The van der Waals surface area contributed by atoms with Crippen molar-refractivity contribution in [2.24, 2.45) is 0 Å². The summed E-state index contributed by atoms with van der Waals surface area (Å²) in [5, 5.41) is 10.9. The molecular formula is C14H13N3O5. The predicted molar refractivity (Wildman–Crippen MR) is 76.7 cm³/mol. The number of urea groups is 1. The van der Waals surface area contributed by atoms with Crippen LogP contribution in [0.3, 0.4) is 0 Å². The molecule has 0 aromatic heterocycles. The van der Waals surface area contributed by atoms with E-state index in [4.69, 9.17) is 0 Å². The van der Waals surface area contributed by atoms with E-state index >= 15 is 0 Å². The maximum absolute atomic E-state index is 12.0. The summed E-state index contributed by atoms with van der Waals surface area (Å²) in [5.41, 5.74) is 0.480. The molecule has 0 spiro atoms. The smallest absolute Gasteiger partial charge is 0.268 e. The van der Waals surface area contributed by atoms with E-state index in [1.807, 2.05) is 0 Å². The molecule has 1 fully saturated rings. The molecule has 22 heavy (non-hydrogen) atoms. The molecule has 1 saturated heterocycles. The largest absolute Gasteiger partial charge is 0.333 e. The molecule has 0 bridgehead atoms. The first-order chi connectivity index (χ1) is 10.2. The summed E-state index contributed by atoms with van der Waals surface area (Å²) in [5.74, 6) is -1.48. The normalized spacial score (nSPS) is 15.4. The van der Waals surface area contributed by atoms with Gasteiger partial charge in [-0.05, 0) is 18.6 Å². The fourth-order valence-electron chi connectivity index (χ4n) is 2.05. The van der Waals surface area contributed by atoms with Crippen molar-refractivity contribution in [3.63, 3.8) is 0 Å². The highest BCUT2D eigenvalue weighted by molar-refractivity contribution is 6.30. The number of carbonyl (C=O) groups is 3. The van der Waals surface area contributed by atoms with Crippen molar-refractivity contribution in [1.29, 1.82) is 0 Å². The highest BCUT2D eigenvalue weighted by atomic mass is 16.6. The topological polar surface area (TPSA) is 101 Å². The quantitative estimate of drug-likeness (QED) is 0.355. The van der Waals surface area contributed by atoms with E-state index in [-0.39, 0.29) is 11.3 Å². The number of amides is 4. The molecule has 0 N–H and O–H groups in total. The van der Waals surface area contributed by atoms with Gasteiger partial charge in [-0.3, -0.25) is 29.5 Å². The average molecular weight is 303 g/mol. The summed E-state index contributed by atoms with van der Waals surface area (Å²) in [6, 6.07) is 3.65. The predicted octanol–water partition coefficient (Wildman–Crippen LogP) is 1.34. The Morgan fingerprint density at radius 2 is 1.64 bits per heavy atom. The number of hydrogen-bond donors (Lipinski definition) is 0. The van der Waals surface area contributed by atoms with Gasteiger partial charge in [-0.2, -0.15) is 0 Å². The van der Waals surface area contributed by atoms with Gasteiger partial charge in [0.1, 0.15) is 5.57 Å². The Hall–Kier alpha value is -3.03. The van der Waals surface area contributed by atoms with Crippen LogP contribution in [-0.4, -0.2) is 46.7 Å². The number of rotatable bonds is 2. The van der Waals surface area contributed by atoms with E-state index in [1.54, 1.807) is 13.0 Å². The van der Waals surface area contributed by atoms with Gasteiger partial charge < -0.3 is 0 Å². The average Bonchev–Trinajstić information content (AvgIpc) is 2.49. The number of benzene rings is 1. The lowest BCUT2D eigenvalue weighted by molar-refractivity contribution is -0.385. The number of imide groups is 2.